The molecule has 76 valence electrons. The summed E-state index contributed by atoms with van der Waals surface area (Å²) in [7, 11) is 0. The van der Waals surface area contributed by atoms with Gasteiger partial charge >= 0.3 is 0 Å². The van der Waals surface area contributed by atoms with E-state index in [0.29, 0.717) is 0 Å². The summed E-state index contributed by atoms with van der Waals surface area (Å²) in [6.07, 6.45) is 0.917. The summed E-state index contributed by atoms with van der Waals surface area (Å²) in [5, 5.41) is 3.00. The molecule has 0 heterocycles. The van der Waals surface area contributed by atoms with Crippen LogP contribution in [0.25, 0.3) is 0 Å². The Bertz CT molecular complexity index is 339. The van der Waals surface area contributed by atoms with Gasteiger partial charge in [0.2, 0.25) is 5.91 Å². The molecule has 0 unspecified atom stereocenters. The lowest BCUT2D eigenvalue weighted by molar-refractivity contribution is -0.116. The Balaban J connectivity index is 2.80. The number of aryl methyl sites for hydroxylation is 1. The molecular formula is C10H13BrN2O. The first-order valence-electron chi connectivity index (χ1n) is 4.44. The smallest absolute Gasteiger partial charge is 0.236 e. The van der Waals surface area contributed by atoms with Crippen LogP contribution in [0.3, 0.4) is 0 Å². The molecule has 0 aliphatic heterocycles. The van der Waals surface area contributed by atoms with Crippen molar-refractivity contribution in [1.29, 1.82) is 0 Å². The SMILES string of the molecule is CCc1cc(Br)ccc1NCC(N)=O. The topological polar surface area (TPSA) is 55.1 Å². The number of nitrogens with one attached hydrogen (secondary N) is 1. The van der Waals surface area contributed by atoms with Crippen LogP contribution in [-0.2, 0) is 11.2 Å². The fourth-order valence-corrected chi connectivity index (χ4v) is 1.62. The van der Waals surface area contributed by atoms with Gasteiger partial charge in [-0.3, -0.25) is 4.79 Å². The molecule has 0 bridgehead atoms. The molecule has 0 radical (unpaired) electrons. The maximum Gasteiger partial charge on any atom is 0.236 e. The van der Waals surface area contributed by atoms with Gasteiger partial charge < -0.3 is 11.1 Å². The molecule has 0 saturated heterocycles. The van der Waals surface area contributed by atoms with Crippen LogP contribution in [0.4, 0.5) is 5.69 Å². The van der Waals surface area contributed by atoms with E-state index in [9.17, 15) is 4.79 Å². The summed E-state index contributed by atoms with van der Waals surface area (Å²) in [5.74, 6) is -0.352. The molecule has 1 aromatic carbocycles. The van der Waals surface area contributed by atoms with Crippen molar-refractivity contribution in [1.82, 2.24) is 0 Å². The molecular weight excluding hydrogens is 244 g/mol. The third-order valence-electron chi connectivity index (χ3n) is 1.90. The Morgan fingerprint density at radius 3 is 2.86 bits per heavy atom. The average Bonchev–Trinajstić information content (AvgIpc) is 2.15. The molecule has 0 spiro atoms. The molecule has 0 atom stereocenters. The molecule has 4 heteroatoms. The normalized spacial score (nSPS) is 9.86. The van der Waals surface area contributed by atoms with E-state index < -0.39 is 0 Å². The van der Waals surface area contributed by atoms with Crippen LogP contribution >= 0.6 is 15.9 Å². The fraction of sp³-hybridized carbons (Fsp3) is 0.300. The number of carbonyl (C=O) groups is 1. The number of hydrogen-bond acceptors (Lipinski definition) is 2. The van der Waals surface area contributed by atoms with Gasteiger partial charge in [-0.1, -0.05) is 22.9 Å². The zero-order chi connectivity index (χ0) is 10.6. The first-order chi connectivity index (χ1) is 6.63. The monoisotopic (exact) mass is 256 g/mol. The van der Waals surface area contributed by atoms with Crippen LogP contribution in [0.1, 0.15) is 12.5 Å². The number of anilines is 1. The van der Waals surface area contributed by atoms with Crippen LogP contribution in [-0.4, -0.2) is 12.5 Å². The third kappa shape index (κ3) is 3.03. The maximum atomic E-state index is 10.6. The number of nitrogens with two attached hydrogens (primary N) is 1. The highest BCUT2D eigenvalue weighted by molar-refractivity contribution is 9.10. The molecule has 3 nitrogen and oxygen atoms in total. The van der Waals surface area contributed by atoms with Crippen molar-refractivity contribution in [2.45, 2.75) is 13.3 Å². The molecule has 0 aliphatic rings. The number of amides is 1. The van der Waals surface area contributed by atoms with Crippen molar-refractivity contribution < 1.29 is 4.79 Å². The van der Waals surface area contributed by atoms with Crippen LogP contribution < -0.4 is 11.1 Å². The standard InChI is InChI=1S/C10H13BrN2O/c1-2-7-5-8(11)3-4-9(7)13-6-10(12)14/h3-5,13H,2,6H2,1H3,(H2,12,14). The summed E-state index contributed by atoms with van der Waals surface area (Å²) >= 11 is 3.40. The van der Waals surface area contributed by atoms with Gasteiger partial charge in [0, 0.05) is 10.2 Å². The highest BCUT2D eigenvalue weighted by atomic mass is 79.9. The molecule has 14 heavy (non-hydrogen) atoms. The lowest BCUT2D eigenvalue weighted by atomic mass is 10.1. The molecule has 0 aromatic heterocycles. The largest absolute Gasteiger partial charge is 0.376 e. The number of primary amides is 1. The second kappa shape index (κ2) is 5.00. The van der Waals surface area contributed by atoms with Gasteiger partial charge in [-0.25, -0.2) is 0 Å². The Kier molecular flexibility index (Phi) is 3.95. The fourth-order valence-electron chi connectivity index (χ4n) is 1.21. The summed E-state index contributed by atoms with van der Waals surface area (Å²) < 4.78 is 1.04. The van der Waals surface area contributed by atoms with E-state index in [1.54, 1.807) is 0 Å². The number of carbonyl (C=O) groups excluding carboxylic acids is 1. The van der Waals surface area contributed by atoms with Gasteiger partial charge in [-0.15, -0.1) is 0 Å². The van der Waals surface area contributed by atoms with Crippen molar-refractivity contribution in [2.75, 3.05) is 11.9 Å². The molecule has 1 amide bonds. The van der Waals surface area contributed by atoms with E-state index in [0.717, 1.165) is 16.6 Å². The zero-order valence-corrected chi connectivity index (χ0v) is 9.60. The number of benzene rings is 1. The Labute approximate surface area is 91.8 Å². The van der Waals surface area contributed by atoms with Crippen LogP contribution in [0, 0.1) is 0 Å². The number of rotatable bonds is 4. The third-order valence-corrected chi connectivity index (χ3v) is 2.39. The molecule has 0 aliphatic carbocycles. The molecule has 1 rings (SSSR count). The van der Waals surface area contributed by atoms with Gasteiger partial charge in [0.05, 0.1) is 6.54 Å². The van der Waals surface area contributed by atoms with Crippen LogP contribution in [0.15, 0.2) is 22.7 Å². The summed E-state index contributed by atoms with van der Waals surface area (Å²) in [4.78, 5) is 10.6. The van der Waals surface area contributed by atoms with Gasteiger partial charge in [0.15, 0.2) is 0 Å². The highest BCUT2D eigenvalue weighted by Crippen LogP contribution is 2.21. The van der Waals surface area contributed by atoms with Crippen molar-refractivity contribution in [3.63, 3.8) is 0 Å². The first-order valence-corrected chi connectivity index (χ1v) is 5.23. The van der Waals surface area contributed by atoms with E-state index in [1.165, 1.54) is 5.56 Å². The molecule has 0 saturated carbocycles. The quantitative estimate of drug-likeness (QED) is 0.865. The summed E-state index contributed by atoms with van der Waals surface area (Å²) in [6, 6.07) is 5.90. The lowest BCUT2D eigenvalue weighted by Crippen LogP contribution is -2.22. The number of hydrogen-bond donors (Lipinski definition) is 2. The lowest BCUT2D eigenvalue weighted by Gasteiger charge is -2.09. The van der Waals surface area contributed by atoms with Gasteiger partial charge in [-0.2, -0.15) is 0 Å². The van der Waals surface area contributed by atoms with Crippen molar-refractivity contribution in [2.24, 2.45) is 5.73 Å². The Morgan fingerprint density at radius 2 is 2.29 bits per heavy atom. The zero-order valence-electron chi connectivity index (χ0n) is 8.01. The van der Waals surface area contributed by atoms with E-state index in [4.69, 9.17) is 5.73 Å². The molecule has 0 fully saturated rings. The Morgan fingerprint density at radius 1 is 1.57 bits per heavy atom. The molecule has 3 N–H and O–H groups in total. The van der Waals surface area contributed by atoms with E-state index in [-0.39, 0.29) is 12.5 Å². The van der Waals surface area contributed by atoms with Crippen LogP contribution in [0.5, 0.6) is 0 Å². The Hall–Kier alpha value is -1.03. The van der Waals surface area contributed by atoms with Crippen molar-refractivity contribution in [3.8, 4) is 0 Å². The minimum absolute atomic E-state index is 0.175. The van der Waals surface area contributed by atoms with Crippen molar-refractivity contribution in [3.05, 3.63) is 28.2 Å². The first kappa shape index (κ1) is 11.0. The predicted octanol–water partition coefficient (Wildman–Crippen LogP) is 1.91. The summed E-state index contributed by atoms with van der Waals surface area (Å²) in [5.41, 5.74) is 7.19. The average molecular weight is 257 g/mol. The predicted molar refractivity (Wildman–Crippen MR) is 61.2 cm³/mol. The van der Waals surface area contributed by atoms with Crippen molar-refractivity contribution >= 4 is 27.5 Å². The second-order valence-electron chi connectivity index (χ2n) is 2.97. The minimum atomic E-state index is -0.352. The van der Waals surface area contributed by atoms with E-state index in [2.05, 4.69) is 28.2 Å². The maximum absolute atomic E-state index is 10.6. The van der Waals surface area contributed by atoms with Gasteiger partial charge in [0.25, 0.3) is 0 Å². The van der Waals surface area contributed by atoms with E-state index >= 15 is 0 Å². The minimum Gasteiger partial charge on any atom is -0.376 e. The van der Waals surface area contributed by atoms with Gasteiger partial charge in [-0.05, 0) is 30.2 Å². The second-order valence-corrected chi connectivity index (χ2v) is 3.89. The van der Waals surface area contributed by atoms with Crippen LogP contribution in [0.2, 0.25) is 0 Å². The highest BCUT2D eigenvalue weighted by Gasteiger charge is 2.01. The number of halogens is 1. The van der Waals surface area contributed by atoms with E-state index in [1.807, 2.05) is 18.2 Å². The summed E-state index contributed by atoms with van der Waals surface area (Å²) in [6.45, 7) is 2.24. The molecule has 1 aromatic rings. The van der Waals surface area contributed by atoms with Gasteiger partial charge in [0.1, 0.15) is 0 Å².